The van der Waals surface area contributed by atoms with Crippen LogP contribution < -0.4 is 11.1 Å². The molecule has 2 atom stereocenters. The van der Waals surface area contributed by atoms with E-state index in [1.54, 1.807) is 0 Å². The monoisotopic (exact) mass is 186 g/mol. The molecule has 0 radical (unpaired) electrons. The molecule has 2 unspecified atom stereocenters. The lowest BCUT2D eigenvalue weighted by Gasteiger charge is -2.17. The van der Waals surface area contributed by atoms with Crippen molar-refractivity contribution in [3.05, 3.63) is 0 Å². The second kappa shape index (κ2) is 6.89. The maximum atomic E-state index is 11.5. The summed E-state index contributed by atoms with van der Waals surface area (Å²) < 4.78 is 0. The first-order valence-corrected chi connectivity index (χ1v) is 5.16. The molecule has 0 bridgehead atoms. The Balaban J connectivity index is 3.90. The molecule has 78 valence electrons. The average Bonchev–Trinajstić information content (AvgIpc) is 2.13. The van der Waals surface area contributed by atoms with Gasteiger partial charge in [0.15, 0.2) is 0 Å². The smallest absolute Gasteiger partial charge is 0.224 e. The molecule has 13 heavy (non-hydrogen) atoms. The standard InChI is InChI=1S/C10H22N2O/c1-4-6-9(7-11)10(13)12-8(3)5-2/h8-9H,4-7,11H2,1-3H3,(H,12,13). The van der Waals surface area contributed by atoms with Gasteiger partial charge in [0, 0.05) is 12.6 Å². The summed E-state index contributed by atoms with van der Waals surface area (Å²) in [4.78, 5) is 11.5. The van der Waals surface area contributed by atoms with Crippen LogP contribution in [0.4, 0.5) is 0 Å². The maximum Gasteiger partial charge on any atom is 0.224 e. The Bertz CT molecular complexity index is 148. The zero-order valence-electron chi connectivity index (χ0n) is 8.97. The van der Waals surface area contributed by atoms with E-state index in [0.717, 1.165) is 19.3 Å². The number of hydrogen-bond acceptors (Lipinski definition) is 2. The van der Waals surface area contributed by atoms with Crippen LogP contribution in [0.2, 0.25) is 0 Å². The fourth-order valence-corrected chi connectivity index (χ4v) is 1.17. The number of amides is 1. The Hall–Kier alpha value is -0.570. The first-order valence-electron chi connectivity index (χ1n) is 5.16. The van der Waals surface area contributed by atoms with Gasteiger partial charge in [-0.05, 0) is 19.8 Å². The Morgan fingerprint density at radius 3 is 2.46 bits per heavy atom. The van der Waals surface area contributed by atoms with Crippen LogP contribution in [0.1, 0.15) is 40.0 Å². The number of rotatable bonds is 6. The van der Waals surface area contributed by atoms with Gasteiger partial charge in [-0.25, -0.2) is 0 Å². The molecule has 0 rings (SSSR count). The van der Waals surface area contributed by atoms with Gasteiger partial charge in [-0.15, -0.1) is 0 Å². The van der Waals surface area contributed by atoms with Gasteiger partial charge in [-0.1, -0.05) is 20.3 Å². The largest absolute Gasteiger partial charge is 0.353 e. The van der Waals surface area contributed by atoms with E-state index < -0.39 is 0 Å². The van der Waals surface area contributed by atoms with Crippen molar-refractivity contribution in [2.45, 2.75) is 46.1 Å². The molecule has 0 aromatic heterocycles. The van der Waals surface area contributed by atoms with Crippen LogP contribution in [0.5, 0.6) is 0 Å². The zero-order chi connectivity index (χ0) is 10.3. The SMILES string of the molecule is CCCC(CN)C(=O)NC(C)CC. The van der Waals surface area contributed by atoms with Crippen LogP contribution in [-0.4, -0.2) is 18.5 Å². The Morgan fingerprint density at radius 2 is 2.08 bits per heavy atom. The lowest BCUT2D eigenvalue weighted by atomic mass is 10.0. The van der Waals surface area contributed by atoms with E-state index in [1.807, 2.05) is 6.92 Å². The molecule has 0 aromatic carbocycles. The number of carbonyl (C=O) groups excluding carboxylic acids is 1. The molecule has 0 aliphatic heterocycles. The summed E-state index contributed by atoms with van der Waals surface area (Å²) in [7, 11) is 0. The van der Waals surface area contributed by atoms with E-state index >= 15 is 0 Å². The summed E-state index contributed by atoms with van der Waals surface area (Å²) in [5.74, 6) is 0.109. The maximum absolute atomic E-state index is 11.5. The van der Waals surface area contributed by atoms with Gasteiger partial charge in [0.25, 0.3) is 0 Å². The average molecular weight is 186 g/mol. The Kier molecular flexibility index (Phi) is 6.59. The number of hydrogen-bond donors (Lipinski definition) is 2. The van der Waals surface area contributed by atoms with Gasteiger partial charge in [-0.2, -0.15) is 0 Å². The van der Waals surface area contributed by atoms with E-state index in [-0.39, 0.29) is 17.9 Å². The molecule has 0 aliphatic carbocycles. The zero-order valence-corrected chi connectivity index (χ0v) is 8.97. The molecule has 0 aliphatic rings. The third kappa shape index (κ3) is 4.88. The van der Waals surface area contributed by atoms with Crippen LogP contribution in [0.3, 0.4) is 0 Å². The number of carbonyl (C=O) groups is 1. The molecule has 0 saturated carbocycles. The highest BCUT2D eigenvalue weighted by Crippen LogP contribution is 2.05. The van der Waals surface area contributed by atoms with Crippen molar-refractivity contribution in [3.8, 4) is 0 Å². The van der Waals surface area contributed by atoms with E-state index in [2.05, 4.69) is 19.2 Å². The second-order valence-corrected chi connectivity index (χ2v) is 3.54. The molecule has 0 aromatic rings. The minimum atomic E-state index is -0.000926. The fraction of sp³-hybridized carbons (Fsp3) is 0.900. The quantitative estimate of drug-likeness (QED) is 0.656. The van der Waals surface area contributed by atoms with Crippen molar-refractivity contribution < 1.29 is 4.79 Å². The molecular weight excluding hydrogens is 164 g/mol. The van der Waals surface area contributed by atoms with E-state index in [9.17, 15) is 4.79 Å². The van der Waals surface area contributed by atoms with Crippen LogP contribution >= 0.6 is 0 Å². The highest BCUT2D eigenvalue weighted by atomic mass is 16.1. The summed E-state index contributed by atoms with van der Waals surface area (Å²) in [5, 5.41) is 2.95. The van der Waals surface area contributed by atoms with Crippen LogP contribution in [0, 0.1) is 5.92 Å². The summed E-state index contributed by atoms with van der Waals surface area (Å²) in [6.45, 7) is 6.59. The van der Waals surface area contributed by atoms with Gasteiger partial charge in [0.2, 0.25) is 5.91 Å². The second-order valence-electron chi connectivity index (χ2n) is 3.54. The predicted molar refractivity (Wildman–Crippen MR) is 55.3 cm³/mol. The van der Waals surface area contributed by atoms with Gasteiger partial charge >= 0.3 is 0 Å². The molecule has 3 N–H and O–H groups in total. The van der Waals surface area contributed by atoms with Crippen LogP contribution in [-0.2, 0) is 4.79 Å². The van der Waals surface area contributed by atoms with E-state index in [4.69, 9.17) is 5.73 Å². The highest BCUT2D eigenvalue weighted by molar-refractivity contribution is 5.79. The lowest BCUT2D eigenvalue weighted by Crippen LogP contribution is -2.39. The normalized spacial score (nSPS) is 15.1. The molecule has 0 saturated heterocycles. The van der Waals surface area contributed by atoms with Crippen LogP contribution in [0.15, 0.2) is 0 Å². The van der Waals surface area contributed by atoms with E-state index in [0.29, 0.717) is 6.54 Å². The molecule has 3 heteroatoms. The van der Waals surface area contributed by atoms with Crippen molar-refractivity contribution >= 4 is 5.91 Å². The molecule has 3 nitrogen and oxygen atoms in total. The molecule has 0 heterocycles. The van der Waals surface area contributed by atoms with Crippen molar-refractivity contribution in [3.63, 3.8) is 0 Å². The molecule has 0 spiro atoms. The molecule has 1 amide bonds. The fourth-order valence-electron chi connectivity index (χ4n) is 1.17. The topological polar surface area (TPSA) is 55.1 Å². The van der Waals surface area contributed by atoms with Crippen molar-refractivity contribution in [2.75, 3.05) is 6.54 Å². The van der Waals surface area contributed by atoms with Gasteiger partial charge in [0.1, 0.15) is 0 Å². The summed E-state index contributed by atoms with van der Waals surface area (Å²) >= 11 is 0. The predicted octanol–water partition coefficient (Wildman–Crippen LogP) is 1.28. The van der Waals surface area contributed by atoms with Crippen molar-refractivity contribution in [2.24, 2.45) is 11.7 Å². The van der Waals surface area contributed by atoms with Crippen molar-refractivity contribution in [1.29, 1.82) is 0 Å². The number of nitrogens with one attached hydrogen (secondary N) is 1. The first kappa shape index (κ1) is 12.4. The summed E-state index contributed by atoms with van der Waals surface area (Å²) in [6.07, 6.45) is 2.86. The van der Waals surface area contributed by atoms with E-state index in [1.165, 1.54) is 0 Å². The van der Waals surface area contributed by atoms with Gasteiger partial charge < -0.3 is 11.1 Å². The molecular formula is C10H22N2O. The van der Waals surface area contributed by atoms with Crippen molar-refractivity contribution in [1.82, 2.24) is 5.32 Å². The third-order valence-electron chi connectivity index (χ3n) is 2.29. The Morgan fingerprint density at radius 1 is 1.46 bits per heavy atom. The summed E-state index contributed by atoms with van der Waals surface area (Å²) in [6, 6.07) is 0.262. The minimum absolute atomic E-state index is 0.000926. The van der Waals surface area contributed by atoms with Crippen LogP contribution in [0.25, 0.3) is 0 Å². The Labute approximate surface area is 81.1 Å². The summed E-state index contributed by atoms with van der Waals surface area (Å²) in [5.41, 5.74) is 5.52. The first-order chi connectivity index (χ1) is 6.15. The molecule has 0 fully saturated rings. The van der Waals surface area contributed by atoms with Gasteiger partial charge in [-0.3, -0.25) is 4.79 Å². The van der Waals surface area contributed by atoms with Gasteiger partial charge in [0.05, 0.1) is 5.92 Å². The number of nitrogens with two attached hydrogens (primary N) is 1. The highest BCUT2D eigenvalue weighted by Gasteiger charge is 2.16. The minimum Gasteiger partial charge on any atom is -0.353 e. The third-order valence-corrected chi connectivity index (χ3v) is 2.29. The lowest BCUT2D eigenvalue weighted by molar-refractivity contribution is -0.125.